The van der Waals surface area contributed by atoms with E-state index >= 15 is 0 Å². The monoisotopic (exact) mass is 828 g/mol. The molecule has 0 amide bonds. The first-order valence-electron chi connectivity index (χ1n) is 17.6. The summed E-state index contributed by atoms with van der Waals surface area (Å²) in [5.41, 5.74) is 0. The van der Waals surface area contributed by atoms with Gasteiger partial charge in [0.05, 0.1) is 33.0 Å². The van der Waals surface area contributed by atoms with Crippen LogP contribution in [0.4, 0.5) is 0 Å². The van der Waals surface area contributed by atoms with E-state index in [1.807, 2.05) is 0 Å². The quantitative estimate of drug-likeness (QED) is 0.0773. The van der Waals surface area contributed by atoms with Crippen LogP contribution >= 0.6 is 0 Å². The number of rotatable bonds is 14. The van der Waals surface area contributed by atoms with Crippen molar-refractivity contribution in [1.29, 1.82) is 0 Å². The maximum Gasteiger partial charge on any atom is 0.224 e. The molecule has 5 aliphatic rings. The highest BCUT2D eigenvalue weighted by Gasteiger charge is 2.59. The van der Waals surface area contributed by atoms with Crippen molar-refractivity contribution in [2.45, 2.75) is 147 Å². The molecule has 26 nitrogen and oxygen atoms in total. The third-order valence-electron chi connectivity index (χ3n) is 10.4. The van der Waals surface area contributed by atoms with Gasteiger partial charge in [-0.3, -0.25) is 0 Å². The average Bonchev–Trinajstić information content (AvgIpc) is 3.44. The first kappa shape index (κ1) is 46.0. The molecule has 0 unspecified atom stereocenters. The lowest BCUT2D eigenvalue weighted by atomic mass is 9.96. The van der Waals surface area contributed by atoms with E-state index in [0.717, 1.165) is 0 Å². The van der Waals surface area contributed by atoms with Crippen LogP contribution in [0.1, 0.15) is 0 Å². The molecule has 0 aromatic heterocycles. The molecule has 5 aliphatic heterocycles. The molecule has 0 aromatic carbocycles. The molecule has 0 bridgehead atoms. The minimum absolute atomic E-state index is 0.728. The van der Waals surface area contributed by atoms with Crippen molar-refractivity contribution >= 4 is 0 Å². The highest BCUT2D eigenvalue weighted by Crippen LogP contribution is 2.38. The smallest absolute Gasteiger partial charge is 0.224 e. The fraction of sp³-hybridized carbons (Fsp3) is 1.00. The van der Waals surface area contributed by atoms with Gasteiger partial charge in [0.1, 0.15) is 123 Å². The number of hydrogen-bond donors (Lipinski definition) is 17. The Hall–Kier alpha value is -1.04. The Bertz CT molecular complexity index is 1220. The van der Waals surface area contributed by atoms with Crippen molar-refractivity contribution in [1.82, 2.24) is 0 Å². The largest absolute Gasteiger partial charge is 0.394 e. The fourth-order valence-corrected chi connectivity index (χ4v) is 6.99. The van der Waals surface area contributed by atoms with Crippen LogP contribution in [0.3, 0.4) is 0 Å². The van der Waals surface area contributed by atoms with E-state index in [4.69, 9.17) is 42.6 Å². The van der Waals surface area contributed by atoms with Gasteiger partial charge in [0.25, 0.3) is 0 Å². The first-order chi connectivity index (χ1) is 26.5. The minimum Gasteiger partial charge on any atom is -0.394 e. The van der Waals surface area contributed by atoms with E-state index in [-0.39, 0.29) is 0 Å². The van der Waals surface area contributed by atoms with E-state index in [1.165, 1.54) is 0 Å². The van der Waals surface area contributed by atoms with Crippen LogP contribution in [0.15, 0.2) is 0 Å². The van der Waals surface area contributed by atoms with Crippen LogP contribution in [-0.2, 0) is 42.6 Å². The molecular formula is C30H52O26. The maximum atomic E-state index is 11.1. The predicted octanol–water partition coefficient (Wildman–Crippen LogP) is -11.9. The topological polar surface area (TPSA) is 427 Å². The second kappa shape index (κ2) is 19.1. The molecule has 0 saturated carbocycles. The molecule has 0 aromatic rings. The molecule has 5 rings (SSSR count). The summed E-state index contributed by atoms with van der Waals surface area (Å²) < 4.78 is 49.1. The lowest BCUT2D eigenvalue weighted by Gasteiger charge is -2.48. The SMILES string of the molecule is OC[C@H]1O[C@@](CO)(O[C@H]2O[C@H](CO)[C@@H](O[C@H]3O[C@H](CO)[C@@H](O[C@H]4O[C@H](CO[C@H]5O[C@H](CO)[C@@H](O)[C@H](O)[C@H]5O)[C@@H](O)[C@H](O)[C@H]4O)[C@H](O)[C@H]3O)[C@H](O)[C@H]2O)[C@@H](O)[C@@H]1O. The molecule has 24 atom stereocenters. The molecule has 0 spiro atoms. The van der Waals surface area contributed by atoms with Crippen LogP contribution in [-0.4, -0.2) is 273 Å². The van der Waals surface area contributed by atoms with Gasteiger partial charge >= 0.3 is 0 Å². The highest BCUT2D eigenvalue weighted by atomic mass is 16.8. The van der Waals surface area contributed by atoms with Crippen LogP contribution in [0, 0.1) is 0 Å². The van der Waals surface area contributed by atoms with E-state index in [9.17, 15) is 86.8 Å². The summed E-state index contributed by atoms with van der Waals surface area (Å²) in [4.78, 5) is 0. The zero-order valence-electron chi connectivity index (χ0n) is 29.3. The van der Waals surface area contributed by atoms with Gasteiger partial charge in [-0.1, -0.05) is 0 Å². The van der Waals surface area contributed by atoms with Crippen molar-refractivity contribution in [3.8, 4) is 0 Å². The maximum absolute atomic E-state index is 11.1. The van der Waals surface area contributed by atoms with Gasteiger partial charge in [-0.25, -0.2) is 0 Å². The Morgan fingerprint density at radius 2 is 0.804 bits per heavy atom. The van der Waals surface area contributed by atoms with E-state index < -0.39 is 187 Å². The van der Waals surface area contributed by atoms with Gasteiger partial charge in [0, 0.05) is 0 Å². The van der Waals surface area contributed by atoms with Crippen molar-refractivity contribution in [3.05, 3.63) is 0 Å². The van der Waals surface area contributed by atoms with Gasteiger partial charge in [-0.2, -0.15) is 0 Å². The van der Waals surface area contributed by atoms with Gasteiger partial charge in [-0.15, -0.1) is 0 Å². The number of aliphatic hydroxyl groups excluding tert-OH is 17. The van der Waals surface area contributed by atoms with Crippen molar-refractivity contribution in [2.75, 3.05) is 39.6 Å². The molecule has 56 heavy (non-hydrogen) atoms. The average molecular weight is 829 g/mol. The summed E-state index contributed by atoms with van der Waals surface area (Å²) in [6.45, 7) is -5.41. The molecule has 328 valence electrons. The second-order valence-electron chi connectivity index (χ2n) is 14.0. The Balaban J connectivity index is 1.22. The zero-order valence-corrected chi connectivity index (χ0v) is 29.3. The number of ether oxygens (including phenoxy) is 9. The Morgan fingerprint density at radius 1 is 0.393 bits per heavy atom. The molecule has 5 heterocycles. The van der Waals surface area contributed by atoms with Gasteiger partial charge < -0.3 is 129 Å². The normalized spacial score (nSPS) is 53.0. The minimum atomic E-state index is -2.47. The third-order valence-corrected chi connectivity index (χ3v) is 10.4. The predicted molar refractivity (Wildman–Crippen MR) is 167 cm³/mol. The van der Waals surface area contributed by atoms with Crippen LogP contribution in [0.25, 0.3) is 0 Å². The van der Waals surface area contributed by atoms with E-state index in [2.05, 4.69) is 0 Å². The van der Waals surface area contributed by atoms with Gasteiger partial charge in [0.15, 0.2) is 25.2 Å². The van der Waals surface area contributed by atoms with Crippen LogP contribution < -0.4 is 0 Å². The number of hydrogen-bond acceptors (Lipinski definition) is 26. The summed E-state index contributed by atoms with van der Waals surface area (Å²) >= 11 is 0. The molecule has 5 fully saturated rings. The van der Waals surface area contributed by atoms with Crippen molar-refractivity contribution in [3.63, 3.8) is 0 Å². The standard InChI is InChI=1S/C30H52O26/c31-1-7-12(36)15(39)19(43)26(49-7)48-5-11-13(37)16(40)20(44)27(52-11)53-23-9(3-33)50-28(21(45)17(23)41)54-24-10(4-34)51-29(22(46)18(24)42)56-30(6-35)25(47)14(38)8(2-32)55-30/h7-29,31-47H,1-6H2/t7-,8-,9-,10-,11-,12-,13-,14-,15+,16+,17-,18-,19-,20-,21-,22-,23-,24-,25+,26+,27-,28-,29-,30+/m1/s1. The van der Waals surface area contributed by atoms with Crippen LogP contribution in [0.2, 0.25) is 0 Å². The van der Waals surface area contributed by atoms with Gasteiger partial charge in [-0.05, 0) is 0 Å². The third kappa shape index (κ3) is 8.87. The van der Waals surface area contributed by atoms with E-state index in [0.29, 0.717) is 0 Å². The zero-order chi connectivity index (χ0) is 41.4. The summed E-state index contributed by atoms with van der Waals surface area (Å²) in [7, 11) is 0. The fourth-order valence-electron chi connectivity index (χ4n) is 6.99. The lowest BCUT2D eigenvalue weighted by Crippen LogP contribution is -2.67. The van der Waals surface area contributed by atoms with Crippen LogP contribution in [0.5, 0.6) is 0 Å². The summed E-state index contributed by atoms with van der Waals surface area (Å²) in [5.74, 6) is -2.47. The summed E-state index contributed by atoms with van der Waals surface area (Å²) in [5, 5.41) is 175. The summed E-state index contributed by atoms with van der Waals surface area (Å²) in [6, 6.07) is 0. The Morgan fingerprint density at radius 3 is 1.29 bits per heavy atom. The van der Waals surface area contributed by atoms with Crippen molar-refractivity contribution < 1.29 is 129 Å². The highest BCUT2D eigenvalue weighted by molar-refractivity contribution is 5.00. The Labute approximate surface area is 316 Å². The number of aliphatic hydroxyl groups is 17. The van der Waals surface area contributed by atoms with Gasteiger partial charge in [0.2, 0.25) is 5.79 Å². The first-order valence-corrected chi connectivity index (χ1v) is 17.6. The second-order valence-corrected chi connectivity index (χ2v) is 14.0. The van der Waals surface area contributed by atoms with E-state index in [1.54, 1.807) is 0 Å². The molecule has 0 aliphatic carbocycles. The lowest BCUT2D eigenvalue weighted by molar-refractivity contribution is -0.403. The molecular weight excluding hydrogens is 776 g/mol. The molecule has 0 radical (unpaired) electrons. The Kier molecular flexibility index (Phi) is 15.7. The molecule has 5 saturated heterocycles. The molecule has 17 N–H and O–H groups in total. The van der Waals surface area contributed by atoms with Crippen molar-refractivity contribution in [2.24, 2.45) is 0 Å². The summed E-state index contributed by atoms with van der Waals surface area (Å²) in [6.07, 6.45) is -42.2. The molecule has 26 heteroatoms.